The van der Waals surface area contributed by atoms with Crippen molar-refractivity contribution in [2.75, 3.05) is 0 Å². The quantitative estimate of drug-likeness (QED) is 0.395. The van der Waals surface area contributed by atoms with E-state index < -0.39 is 0 Å². The molecule has 1 atom stereocenters. The van der Waals surface area contributed by atoms with Gasteiger partial charge in [0, 0.05) is 0 Å². The smallest absolute Gasteiger partial charge is 0.197 e. The Balaban J connectivity index is 0. The van der Waals surface area contributed by atoms with E-state index in [9.17, 15) is 0 Å². The molecule has 0 aliphatic heterocycles. The van der Waals surface area contributed by atoms with E-state index in [0.29, 0.717) is 0 Å². The van der Waals surface area contributed by atoms with Crippen molar-refractivity contribution >= 4 is 21.7 Å². The van der Waals surface area contributed by atoms with Gasteiger partial charge in [-0.25, -0.2) is 0 Å². The number of hydrogen-bond donors (Lipinski definition) is 0. The molecule has 0 saturated carbocycles. The molecule has 0 aromatic heterocycles. The molecule has 0 fully saturated rings. The van der Waals surface area contributed by atoms with Gasteiger partial charge in [-0.05, 0) is 0 Å². The summed E-state index contributed by atoms with van der Waals surface area (Å²) in [7, 11) is 1.17. The summed E-state index contributed by atoms with van der Waals surface area (Å²) in [6.07, 6.45) is 0. The van der Waals surface area contributed by atoms with Crippen LogP contribution in [-0.2, 0) is 17.1 Å². The fourth-order valence-electron chi connectivity index (χ4n) is 0. The highest BCUT2D eigenvalue weighted by Gasteiger charge is 0.849. The Kier molecular flexibility index (Phi) is 2170. The van der Waals surface area contributed by atoms with Crippen molar-refractivity contribution in [1.82, 2.24) is 0 Å². The predicted molar refractivity (Wildman–Crippen MR) is 18.5 cm³/mol. The van der Waals surface area contributed by atoms with Gasteiger partial charge in [-0.2, -0.15) is 4.21 Å². The monoisotopic (exact) mass is 97.0 g/mol. The minimum Gasteiger partial charge on any atom is -0.197 e. The molecule has 24 valence electrons. The number of rotatable bonds is 0. The van der Waals surface area contributed by atoms with Crippen LogP contribution in [0.2, 0.25) is 0 Å². The molecule has 2 nitrogen and oxygen atoms in total. The second kappa shape index (κ2) is 974. The van der Waals surface area contributed by atoms with Crippen LogP contribution in [0.25, 0.3) is 0 Å². The molecule has 1 unspecified atom stereocenters. The maximum atomic E-state index is 8.17. The largest absolute Gasteiger partial charge is 0.310 e. The molecule has 0 N–H and O–H groups in total. The lowest BCUT2D eigenvalue weighted by atomic mass is 16.0. The normalized spacial score (nSPS) is 2.00. The van der Waals surface area contributed by atoms with Gasteiger partial charge in [0.25, 0.3) is 0 Å². The summed E-state index contributed by atoms with van der Waals surface area (Å²) in [5, 5.41) is 0. The molecule has 0 amide bonds. The molecule has 0 heterocycles. The van der Waals surface area contributed by atoms with Gasteiger partial charge in [-0.15, -0.1) is 0 Å². The van der Waals surface area contributed by atoms with Gasteiger partial charge >= 0.3 is 9.12 Å². The Labute approximate surface area is 31.4 Å². The van der Waals surface area contributed by atoms with Crippen LogP contribution in [0, 0.1) is 0 Å². The zero-order valence-electron chi connectivity index (χ0n) is 1.80. The highest BCUT2D eigenvalue weighted by molar-refractivity contribution is 7.44. The fraction of sp³-hybridized carbons (Fsp3) is 0. The standard InChI is InChI=1S/H2OP.OS/c2*1-2/h2H2;/q+1;. The van der Waals surface area contributed by atoms with Crippen LogP contribution < -0.4 is 0 Å². The van der Waals surface area contributed by atoms with Crippen LogP contribution in [0.15, 0.2) is 0 Å². The van der Waals surface area contributed by atoms with Crippen LogP contribution in [-0.4, -0.2) is 4.21 Å². The van der Waals surface area contributed by atoms with Crippen molar-refractivity contribution in [3.63, 3.8) is 0 Å². The first-order chi connectivity index (χ1) is 2.00. The van der Waals surface area contributed by atoms with Gasteiger partial charge < -0.3 is 0 Å². The third-order valence-electron chi connectivity index (χ3n) is 0. The maximum Gasteiger partial charge on any atom is 0.310 e. The molecule has 0 aromatic rings. The molecule has 0 aliphatic carbocycles. The summed E-state index contributed by atoms with van der Waals surface area (Å²) in [4.78, 5) is 0. The third kappa shape index (κ3) is 185. The highest BCUT2D eigenvalue weighted by atomic mass is 32.1. The van der Waals surface area contributed by atoms with Crippen LogP contribution in [0.3, 0.4) is 0 Å². The highest BCUT2D eigenvalue weighted by Crippen LogP contribution is 1.23. The Bertz CT molecular complexity index is 8.00. The summed E-state index contributed by atoms with van der Waals surface area (Å²) >= 11 is 2.83. The average molecular weight is 97.1 g/mol. The molecular formula is H2O2PS+. The van der Waals surface area contributed by atoms with Gasteiger partial charge in [-0.3, -0.25) is 0 Å². The predicted octanol–water partition coefficient (Wildman–Crippen LogP) is -0.129. The summed E-state index contributed by atoms with van der Waals surface area (Å²) in [6, 6.07) is 0. The zero-order chi connectivity index (χ0) is 4.00. The first kappa shape index (κ1) is 8.92. The van der Waals surface area contributed by atoms with Gasteiger partial charge in [-0.1, -0.05) is 4.57 Å². The van der Waals surface area contributed by atoms with Crippen molar-refractivity contribution in [3.8, 4) is 0 Å². The molecule has 0 aliphatic rings. The molecular weight excluding hydrogens is 95.0 g/mol. The topological polar surface area (TPSA) is 34.1 Å². The molecule has 0 saturated heterocycles. The Morgan fingerprint density at radius 2 is 1.25 bits per heavy atom. The Morgan fingerprint density at radius 1 is 1.25 bits per heavy atom. The van der Waals surface area contributed by atoms with E-state index in [1.807, 2.05) is 0 Å². The van der Waals surface area contributed by atoms with Gasteiger partial charge in [0.2, 0.25) is 0 Å². The second-order valence-electron chi connectivity index (χ2n) is 0. The molecule has 0 radical (unpaired) electrons. The van der Waals surface area contributed by atoms with Gasteiger partial charge in [0.1, 0.15) is 0 Å². The number of hydrogen-bond acceptors (Lipinski definition) is 3. The molecule has 0 rings (SSSR count). The Hall–Kier alpha value is 0.120. The SMILES string of the molecule is O=S.O=[PH2+]. The summed E-state index contributed by atoms with van der Waals surface area (Å²) < 4.78 is 16.0. The van der Waals surface area contributed by atoms with E-state index in [1.165, 1.54) is 9.12 Å². The van der Waals surface area contributed by atoms with Gasteiger partial charge in [0.15, 0.2) is 12.5 Å². The molecule has 0 bridgehead atoms. The van der Waals surface area contributed by atoms with Crippen LogP contribution >= 0.6 is 9.12 Å². The fourth-order valence-corrected chi connectivity index (χ4v) is 0. The lowest BCUT2D eigenvalue weighted by Gasteiger charge is -0.734. The molecule has 0 spiro atoms. The lowest BCUT2D eigenvalue weighted by Crippen LogP contribution is -0.894. The first-order valence-electron chi connectivity index (χ1n) is 0.402. The minimum absolute atomic E-state index is 1.17. The Morgan fingerprint density at radius 3 is 1.25 bits per heavy atom. The van der Waals surface area contributed by atoms with E-state index in [1.54, 1.807) is 0 Å². The van der Waals surface area contributed by atoms with E-state index in [-0.39, 0.29) is 0 Å². The van der Waals surface area contributed by atoms with Gasteiger partial charge in [0.05, 0.1) is 0 Å². The maximum absolute atomic E-state index is 8.17. The van der Waals surface area contributed by atoms with Crippen LogP contribution in [0.5, 0.6) is 0 Å². The summed E-state index contributed by atoms with van der Waals surface area (Å²) in [5.74, 6) is 0. The van der Waals surface area contributed by atoms with E-state index in [0.717, 1.165) is 0 Å². The zero-order valence-corrected chi connectivity index (χ0v) is 3.77. The molecule has 0 aromatic carbocycles. The van der Waals surface area contributed by atoms with Crippen molar-refractivity contribution in [3.05, 3.63) is 0 Å². The van der Waals surface area contributed by atoms with E-state index in [2.05, 4.69) is 12.5 Å². The first-order valence-corrected chi connectivity index (χ1v) is 1.21. The summed E-state index contributed by atoms with van der Waals surface area (Å²) in [5.41, 5.74) is 0. The molecule has 4 heteroatoms. The average Bonchev–Trinajstić information content (AvgIpc) is 1.50. The minimum atomic E-state index is 1.17. The van der Waals surface area contributed by atoms with Crippen molar-refractivity contribution < 1.29 is 8.77 Å². The third-order valence-corrected chi connectivity index (χ3v) is 0. The molecule has 4 heavy (non-hydrogen) atoms. The summed E-state index contributed by atoms with van der Waals surface area (Å²) in [6.45, 7) is 0. The van der Waals surface area contributed by atoms with E-state index >= 15 is 0 Å². The van der Waals surface area contributed by atoms with Crippen molar-refractivity contribution in [1.29, 1.82) is 0 Å². The van der Waals surface area contributed by atoms with E-state index in [4.69, 9.17) is 8.77 Å². The van der Waals surface area contributed by atoms with Crippen molar-refractivity contribution in [2.45, 2.75) is 0 Å². The van der Waals surface area contributed by atoms with Crippen LogP contribution in [0.1, 0.15) is 0 Å². The van der Waals surface area contributed by atoms with Crippen molar-refractivity contribution in [2.24, 2.45) is 0 Å². The second-order valence-corrected chi connectivity index (χ2v) is 0. The lowest BCUT2D eigenvalue weighted by molar-refractivity contribution is 0.607. The van der Waals surface area contributed by atoms with Crippen LogP contribution in [0.4, 0.5) is 0 Å².